The number of rotatable bonds is 9. The lowest BCUT2D eigenvalue weighted by Crippen LogP contribution is -2.25. The predicted molar refractivity (Wildman–Crippen MR) is 72.0 cm³/mol. The number of nitrogens with one attached hydrogen (secondary N) is 2. The van der Waals surface area contributed by atoms with Crippen molar-refractivity contribution in [2.75, 3.05) is 19.8 Å². The van der Waals surface area contributed by atoms with E-state index in [1.807, 2.05) is 0 Å². The molecule has 2 rings (SSSR count). The summed E-state index contributed by atoms with van der Waals surface area (Å²) in [6.07, 6.45) is 4.67. The topological polar surface area (TPSA) is 97.2 Å². The van der Waals surface area contributed by atoms with Crippen molar-refractivity contribution in [3.63, 3.8) is 0 Å². The number of H-pyrrole nitrogens is 1. The van der Waals surface area contributed by atoms with E-state index in [-0.39, 0.29) is 4.90 Å². The SMILES string of the molecule is NCc1cc(S(=O)(=O)NCCCOCC2CC2)c[nH]1. The normalized spacial score (nSPS) is 15.8. The molecule has 1 fully saturated rings. The summed E-state index contributed by atoms with van der Waals surface area (Å²) < 4.78 is 31.8. The molecule has 0 aromatic carbocycles. The van der Waals surface area contributed by atoms with Gasteiger partial charge in [0.05, 0.1) is 4.90 Å². The fraction of sp³-hybridized carbons (Fsp3) is 0.667. The molecular weight excluding hydrogens is 266 g/mol. The maximum Gasteiger partial charge on any atom is 0.242 e. The van der Waals surface area contributed by atoms with Crippen molar-refractivity contribution in [1.82, 2.24) is 9.71 Å². The number of aromatic nitrogens is 1. The van der Waals surface area contributed by atoms with E-state index in [0.717, 1.165) is 12.5 Å². The molecule has 0 atom stereocenters. The molecule has 0 saturated heterocycles. The van der Waals surface area contributed by atoms with E-state index in [4.69, 9.17) is 10.5 Å². The van der Waals surface area contributed by atoms with E-state index in [1.165, 1.54) is 19.0 Å². The Morgan fingerprint density at radius 3 is 2.89 bits per heavy atom. The molecule has 1 aromatic rings. The lowest BCUT2D eigenvalue weighted by atomic mass is 10.4. The summed E-state index contributed by atoms with van der Waals surface area (Å²) in [6.45, 7) is 2.09. The van der Waals surface area contributed by atoms with Crippen LogP contribution in [-0.4, -0.2) is 33.2 Å². The summed E-state index contributed by atoms with van der Waals surface area (Å²) in [6, 6.07) is 1.55. The largest absolute Gasteiger partial charge is 0.381 e. The van der Waals surface area contributed by atoms with Crippen LogP contribution in [0.4, 0.5) is 0 Å². The molecule has 0 amide bonds. The Hall–Kier alpha value is -0.890. The summed E-state index contributed by atoms with van der Waals surface area (Å²) in [5.74, 6) is 0.742. The number of nitrogens with two attached hydrogens (primary N) is 1. The van der Waals surface area contributed by atoms with Crippen LogP contribution in [-0.2, 0) is 21.3 Å². The van der Waals surface area contributed by atoms with Crippen molar-refractivity contribution in [3.8, 4) is 0 Å². The van der Waals surface area contributed by atoms with Crippen molar-refractivity contribution in [2.45, 2.75) is 30.7 Å². The van der Waals surface area contributed by atoms with Crippen LogP contribution in [0.1, 0.15) is 25.0 Å². The molecule has 108 valence electrons. The van der Waals surface area contributed by atoms with Gasteiger partial charge in [0.15, 0.2) is 0 Å². The van der Waals surface area contributed by atoms with Crippen LogP contribution < -0.4 is 10.5 Å². The Morgan fingerprint density at radius 2 is 2.26 bits per heavy atom. The third kappa shape index (κ3) is 4.61. The molecule has 0 radical (unpaired) electrons. The molecule has 7 heteroatoms. The van der Waals surface area contributed by atoms with Gasteiger partial charge in [0.2, 0.25) is 10.0 Å². The molecule has 0 unspecified atom stereocenters. The Labute approximate surface area is 113 Å². The third-order valence-corrected chi connectivity index (χ3v) is 4.50. The first-order chi connectivity index (χ1) is 9.12. The number of aromatic amines is 1. The second-order valence-corrected chi connectivity index (χ2v) is 6.60. The maximum absolute atomic E-state index is 11.9. The number of hydrogen-bond donors (Lipinski definition) is 3. The van der Waals surface area contributed by atoms with Gasteiger partial charge in [-0.15, -0.1) is 0 Å². The number of sulfonamides is 1. The fourth-order valence-corrected chi connectivity index (χ4v) is 2.78. The fourth-order valence-electron chi connectivity index (χ4n) is 1.69. The third-order valence-electron chi connectivity index (χ3n) is 3.05. The van der Waals surface area contributed by atoms with E-state index in [9.17, 15) is 8.42 Å². The van der Waals surface area contributed by atoms with Gasteiger partial charge in [-0.05, 0) is 31.2 Å². The van der Waals surface area contributed by atoms with Gasteiger partial charge in [0.25, 0.3) is 0 Å². The van der Waals surface area contributed by atoms with Crippen molar-refractivity contribution < 1.29 is 13.2 Å². The predicted octanol–water partition coefficient (Wildman–Crippen LogP) is 0.568. The molecule has 1 heterocycles. The van der Waals surface area contributed by atoms with Crippen molar-refractivity contribution in [3.05, 3.63) is 18.0 Å². The van der Waals surface area contributed by atoms with Crippen molar-refractivity contribution >= 4 is 10.0 Å². The summed E-state index contributed by atoms with van der Waals surface area (Å²) in [5, 5.41) is 0. The van der Waals surface area contributed by atoms with E-state index in [1.54, 1.807) is 6.07 Å². The van der Waals surface area contributed by atoms with Crippen LogP contribution in [0.3, 0.4) is 0 Å². The van der Waals surface area contributed by atoms with Crippen LogP contribution in [0.5, 0.6) is 0 Å². The molecular formula is C12H21N3O3S. The zero-order valence-corrected chi connectivity index (χ0v) is 11.7. The van der Waals surface area contributed by atoms with E-state index in [2.05, 4.69) is 9.71 Å². The standard InChI is InChI=1S/C12H21N3O3S/c13-7-11-6-12(8-14-11)19(16,17)15-4-1-5-18-9-10-2-3-10/h6,8,10,14-15H,1-5,7,9,13H2. The molecule has 0 aliphatic heterocycles. The molecule has 1 saturated carbocycles. The van der Waals surface area contributed by atoms with E-state index >= 15 is 0 Å². The summed E-state index contributed by atoms with van der Waals surface area (Å²) in [4.78, 5) is 3.05. The highest BCUT2D eigenvalue weighted by atomic mass is 32.2. The number of ether oxygens (including phenoxy) is 1. The second kappa shape index (κ2) is 6.51. The molecule has 4 N–H and O–H groups in total. The summed E-state index contributed by atoms with van der Waals surface area (Å²) in [5.41, 5.74) is 6.13. The van der Waals surface area contributed by atoms with Crippen LogP contribution in [0.25, 0.3) is 0 Å². The molecule has 1 aliphatic carbocycles. The minimum absolute atomic E-state index is 0.229. The Morgan fingerprint density at radius 1 is 1.47 bits per heavy atom. The highest BCUT2D eigenvalue weighted by molar-refractivity contribution is 7.89. The lowest BCUT2D eigenvalue weighted by Gasteiger charge is -2.05. The van der Waals surface area contributed by atoms with Gasteiger partial charge < -0.3 is 15.5 Å². The minimum Gasteiger partial charge on any atom is -0.381 e. The quantitative estimate of drug-likeness (QED) is 0.578. The Bertz CT molecular complexity index is 494. The summed E-state index contributed by atoms with van der Waals surface area (Å²) in [7, 11) is -3.43. The second-order valence-electron chi connectivity index (χ2n) is 4.83. The number of hydrogen-bond acceptors (Lipinski definition) is 4. The van der Waals surface area contributed by atoms with Gasteiger partial charge in [0, 0.05) is 38.2 Å². The smallest absolute Gasteiger partial charge is 0.242 e. The first-order valence-corrected chi connectivity index (χ1v) is 8.05. The maximum atomic E-state index is 11.9. The Balaban J connectivity index is 1.67. The molecule has 6 nitrogen and oxygen atoms in total. The van der Waals surface area contributed by atoms with E-state index < -0.39 is 10.0 Å². The first-order valence-electron chi connectivity index (χ1n) is 6.56. The highest BCUT2D eigenvalue weighted by Gasteiger charge is 2.21. The van der Waals surface area contributed by atoms with Gasteiger partial charge in [0.1, 0.15) is 0 Å². The average Bonchev–Trinajstić information content (AvgIpc) is 3.07. The van der Waals surface area contributed by atoms with Crippen LogP contribution in [0, 0.1) is 5.92 Å². The van der Waals surface area contributed by atoms with Crippen molar-refractivity contribution in [1.29, 1.82) is 0 Å². The minimum atomic E-state index is -3.43. The zero-order chi connectivity index (χ0) is 13.7. The molecule has 1 aromatic heterocycles. The van der Waals surface area contributed by atoms with Gasteiger partial charge in [-0.3, -0.25) is 0 Å². The first kappa shape index (κ1) is 14.5. The van der Waals surface area contributed by atoms with Crippen LogP contribution >= 0.6 is 0 Å². The summed E-state index contributed by atoms with van der Waals surface area (Å²) >= 11 is 0. The van der Waals surface area contributed by atoms with Crippen LogP contribution in [0.2, 0.25) is 0 Å². The monoisotopic (exact) mass is 287 g/mol. The van der Waals surface area contributed by atoms with Gasteiger partial charge in [-0.25, -0.2) is 13.1 Å². The molecule has 0 spiro atoms. The zero-order valence-electron chi connectivity index (χ0n) is 10.9. The Kier molecular flexibility index (Phi) is 4.98. The van der Waals surface area contributed by atoms with E-state index in [0.29, 0.717) is 31.8 Å². The molecule has 0 bridgehead atoms. The van der Waals surface area contributed by atoms with Crippen LogP contribution in [0.15, 0.2) is 17.2 Å². The highest BCUT2D eigenvalue weighted by Crippen LogP contribution is 2.28. The van der Waals surface area contributed by atoms with Gasteiger partial charge in [-0.1, -0.05) is 0 Å². The average molecular weight is 287 g/mol. The van der Waals surface area contributed by atoms with Gasteiger partial charge in [-0.2, -0.15) is 0 Å². The molecule has 1 aliphatic rings. The molecule has 19 heavy (non-hydrogen) atoms. The van der Waals surface area contributed by atoms with Crippen molar-refractivity contribution in [2.24, 2.45) is 11.7 Å². The lowest BCUT2D eigenvalue weighted by molar-refractivity contribution is 0.123. The van der Waals surface area contributed by atoms with Gasteiger partial charge >= 0.3 is 0 Å².